The van der Waals surface area contributed by atoms with Gasteiger partial charge in [-0.2, -0.15) is 5.10 Å². The summed E-state index contributed by atoms with van der Waals surface area (Å²) in [6.07, 6.45) is 8.34. The van der Waals surface area contributed by atoms with E-state index < -0.39 is 5.92 Å². The number of aryl methyl sites for hydroxylation is 2. The molecule has 0 aliphatic heterocycles. The molecule has 2 fully saturated rings. The molecule has 0 radical (unpaired) electrons. The minimum absolute atomic E-state index is 0.0645. The molecule has 1 unspecified atom stereocenters. The third-order valence-electron chi connectivity index (χ3n) is 7.52. The summed E-state index contributed by atoms with van der Waals surface area (Å²) in [5, 5.41) is 19.4. The van der Waals surface area contributed by atoms with E-state index in [0.717, 1.165) is 53.9 Å². The van der Waals surface area contributed by atoms with Crippen molar-refractivity contribution in [1.29, 1.82) is 0 Å². The maximum Gasteiger partial charge on any atom is 0.235 e. The van der Waals surface area contributed by atoms with E-state index in [-0.39, 0.29) is 11.8 Å². The van der Waals surface area contributed by atoms with E-state index in [4.69, 9.17) is 4.74 Å². The highest BCUT2D eigenvalue weighted by atomic mass is 16.5. The Morgan fingerprint density at radius 1 is 1.16 bits per heavy atom. The first-order chi connectivity index (χ1) is 18.4. The summed E-state index contributed by atoms with van der Waals surface area (Å²) < 4.78 is 5.39. The molecule has 0 spiro atoms. The second kappa shape index (κ2) is 10.8. The van der Waals surface area contributed by atoms with E-state index >= 15 is 0 Å². The maximum atomic E-state index is 13.9. The number of benzene rings is 1. The summed E-state index contributed by atoms with van der Waals surface area (Å²) in [5.41, 5.74) is 5.51. The van der Waals surface area contributed by atoms with E-state index in [1.807, 2.05) is 57.2 Å². The number of aromatic amines is 2. The highest BCUT2D eigenvalue weighted by Gasteiger charge is 2.49. The molecule has 1 atom stereocenters. The number of hydrogen-bond acceptors (Lipinski definition) is 6. The van der Waals surface area contributed by atoms with Gasteiger partial charge in [0, 0.05) is 16.9 Å². The Morgan fingerprint density at radius 3 is 2.37 bits per heavy atom. The van der Waals surface area contributed by atoms with Crippen molar-refractivity contribution < 1.29 is 9.53 Å². The number of aromatic nitrogens is 5. The molecule has 2 aliphatic carbocycles. The number of rotatable bonds is 11. The molecular formula is C29H35N7O2. The Hall–Kier alpha value is -4.01. The maximum absolute atomic E-state index is 13.9. The predicted octanol–water partition coefficient (Wildman–Crippen LogP) is 5.56. The zero-order valence-corrected chi connectivity index (χ0v) is 22.4. The van der Waals surface area contributed by atoms with Gasteiger partial charge in [-0.05, 0) is 88.6 Å². The van der Waals surface area contributed by atoms with Gasteiger partial charge in [0.05, 0.1) is 18.4 Å². The first kappa shape index (κ1) is 25.6. The molecule has 0 bridgehead atoms. The van der Waals surface area contributed by atoms with E-state index in [2.05, 4.69) is 42.4 Å². The molecule has 9 heteroatoms. The molecule has 1 aromatic carbocycles. The first-order valence-corrected chi connectivity index (χ1v) is 13.2. The van der Waals surface area contributed by atoms with Gasteiger partial charge in [0.25, 0.3) is 0 Å². The van der Waals surface area contributed by atoms with Crippen molar-refractivity contribution in [3.63, 3.8) is 0 Å². The molecule has 3 N–H and O–H groups in total. The highest BCUT2D eigenvalue weighted by molar-refractivity contribution is 5.96. The van der Waals surface area contributed by atoms with Crippen LogP contribution in [0, 0.1) is 31.6 Å². The number of H-pyrrole nitrogens is 2. The number of methoxy groups -OCH3 is 1. The van der Waals surface area contributed by atoms with Crippen LogP contribution in [-0.4, -0.2) is 45.1 Å². The predicted molar refractivity (Wildman–Crippen MR) is 148 cm³/mol. The molecule has 0 saturated heterocycles. The molecular weight excluding hydrogens is 478 g/mol. The van der Waals surface area contributed by atoms with Gasteiger partial charge in [-0.3, -0.25) is 9.89 Å². The molecule has 9 nitrogen and oxygen atoms in total. The lowest BCUT2D eigenvalue weighted by molar-refractivity contribution is -0.119. The molecule has 5 rings (SSSR count). The summed E-state index contributed by atoms with van der Waals surface area (Å²) in [6, 6.07) is 7.92. The third-order valence-corrected chi connectivity index (χ3v) is 7.52. The van der Waals surface area contributed by atoms with Gasteiger partial charge < -0.3 is 15.0 Å². The Morgan fingerprint density at radius 2 is 1.84 bits per heavy atom. The van der Waals surface area contributed by atoms with E-state index in [9.17, 15) is 4.79 Å². The second-order valence-electron chi connectivity index (χ2n) is 10.2. The zero-order chi connectivity index (χ0) is 26.8. The molecule has 198 valence electrons. The largest absolute Gasteiger partial charge is 0.480 e. The number of carbonyl (C=O) groups is 1. The van der Waals surface area contributed by atoms with Crippen molar-refractivity contribution in [2.75, 3.05) is 12.4 Å². The number of ether oxygens (including phenoxy) is 1. The topological polar surface area (TPSA) is 121 Å². The van der Waals surface area contributed by atoms with Crippen molar-refractivity contribution in [2.45, 2.75) is 52.4 Å². The van der Waals surface area contributed by atoms with Gasteiger partial charge in [-0.15, -0.1) is 10.2 Å². The number of hydrogen-bond donors (Lipinski definition) is 3. The number of carbonyl (C=O) groups excluding carboxylic acids is 1. The standard InChI is InChI=1S/C29H35N7O2/c1-6-7-22(29(30-4)38-5)26-32-27(36-35-26)25(24(19-8-9-19)20-10-11-20)28(37)31-21-14-12-18(13-15-21)23-16(2)33-34-17(23)3/h6-7,12-15,19-20,24-25H,4,8-11H2,1-3,5H3,(H,31,37)(H,33,34)(H,32,35,36)/b7-6-,29-22-. The second-order valence-corrected chi connectivity index (χ2v) is 10.2. The summed E-state index contributed by atoms with van der Waals surface area (Å²) in [6.45, 7) is 9.50. The Bertz CT molecular complexity index is 1340. The van der Waals surface area contributed by atoms with Gasteiger partial charge in [0.15, 0.2) is 5.82 Å². The fraction of sp³-hybridized carbons (Fsp3) is 0.414. The Labute approximate surface area is 222 Å². The Kier molecular flexibility index (Phi) is 7.26. The normalized spacial score (nSPS) is 17.0. The monoisotopic (exact) mass is 513 g/mol. The van der Waals surface area contributed by atoms with Gasteiger partial charge in [0.2, 0.25) is 11.8 Å². The van der Waals surface area contributed by atoms with E-state index in [1.165, 1.54) is 7.11 Å². The summed E-state index contributed by atoms with van der Waals surface area (Å²) in [4.78, 5) is 21.2. The quantitative estimate of drug-likeness (QED) is 0.176. The molecule has 38 heavy (non-hydrogen) atoms. The van der Waals surface area contributed by atoms with Gasteiger partial charge in [0.1, 0.15) is 11.7 Å². The summed E-state index contributed by atoms with van der Waals surface area (Å²) in [5.74, 6) is 2.24. The van der Waals surface area contributed by atoms with Crippen LogP contribution in [0.5, 0.6) is 0 Å². The molecule has 2 saturated carbocycles. The lowest BCUT2D eigenvalue weighted by atomic mass is 9.82. The van der Waals surface area contributed by atoms with Crippen LogP contribution in [0.1, 0.15) is 61.6 Å². The smallest absolute Gasteiger partial charge is 0.235 e. The number of nitrogens with zero attached hydrogens (tertiary/aromatic N) is 4. The van der Waals surface area contributed by atoms with Gasteiger partial charge in [-0.25, -0.2) is 4.99 Å². The SMILES string of the molecule is C=N/C(OC)=C(\C=C/C)c1nnc(C(C(=O)Nc2ccc(-c3c(C)n[nH]c3C)cc2)C(C2CC2)C2CC2)[nH]1. The average molecular weight is 514 g/mol. The lowest BCUT2D eigenvalue weighted by Gasteiger charge is -2.24. The van der Waals surface area contributed by atoms with Crippen LogP contribution in [0.4, 0.5) is 5.69 Å². The Balaban J connectivity index is 1.45. The van der Waals surface area contributed by atoms with Crippen molar-refractivity contribution in [3.05, 3.63) is 65.3 Å². The zero-order valence-electron chi connectivity index (χ0n) is 22.4. The minimum Gasteiger partial charge on any atom is -0.480 e. The van der Waals surface area contributed by atoms with Gasteiger partial charge >= 0.3 is 0 Å². The van der Waals surface area contributed by atoms with Crippen LogP contribution in [0.15, 0.2) is 47.3 Å². The number of aliphatic imine (C=N–C) groups is 1. The van der Waals surface area contributed by atoms with Crippen molar-refractivity contribution >= 4 is 23.9 Å². The first-order valence-electron chi connectivity index (χ1n) is 13.2. The fourth-order valence-corrected chi connectivity index (χ4v) is 5.50. The minimum atomic E-state index is -0.427. The summed E-state index contributed by atoms with van der Waals surface area (Å²) >= 11 is 0. The molecule has 2 heterocycles. The highest BCUT2D eigenvalue weighted by Crippen LogP contribution is 2.54. The van der Waals surface area contributed by atoms with Crippen molar-refractivity contribution in [1.82, 2.24) is 25.4 Å². The number of amides is 1. The molecule has 2 aliphatic rings. The number of nitrogens with one attached hydrogen (secondary N) is 3. The molecule has 2 aromatic heterocycles. The van der Waals surface area contributed by atoms with Crippen LogP contribution >= 0.6 is 0 Å². The summed E-state index contributed by atoms with van der Waals surface area (Å²) in [7, 11) is 1.54. The van der Waals surface area contributed by atoms with Gasteiger partial charge in [-0.1, -0.05) is 24.3 Å². The average Bonchev–Trinajstić information content (AvgIpc) is 3.85. The van der Waals surface area contributed by atoms with E-state index in [0.29, 0.717) is 34.9 Å². The van der Waals surface area contributed by atoms with Crippen LogP contribution in [0.2, 0.25) is 0 Å². The van der Waals surface area contributed by atoms with Crippen molar-refractivity contribution in [3.8, 4) is 11.1 Å². The molecule has 3 aromatic rings. The van der Waals surface area contributed by atoms with Crippen molar-refractivity contribution in [2.24, 2.45) is 22.7 Å². The number of allylic oxidation sites excluding steroid dienone is 3. The third kappa shape index (κ3) is 5.18. The van der Waals surface area contributed by atoms with Crippen LogP contribution in [0.25, 0.3) is 16.7 Å². The van der Waals surface area contributed by atoms with E-state index in [1.54, 1.807) is 0 Å². The van der Waals surface area contributed by atoms with Crippen LogP contribution < -0.4 is 5.32 Å². The van der Waals surface area contributed by atoms with Crippen LogP contribution in [0.3, 0.4) is 0 Å². The number of anilines is 1. The lowest BCUT2D eigenvalue weighted by Crippen LogP contribution is -2.31. The fourth-order valence-electron chi connectivity index (χ4n) is 5.50. The van der Waals surface area contributed by atoms with Crippen LogP contribution in [-0.2, 0) is 9.53 Å². The molecule has 1 amide bonds.